The van der Waals surface area contributed by atoms with Crippen LogP contribution in [0.1, 0.15) is 101 Å². The van der Waals surface area contributed by atoms with Crippen molar-refractivity contribution in [3.8, 4) is 22.3 Å². The molecule has 8 nitrogen and oxygen atoms in total. The van der Waals surface area contributed by atoms with Crippen LogP contribution >= 0.6 is 0 Å². The molecule has 4 atom stereocenters. The number of ether oxygens (including phenoxy) is 4. The highest BCUT2D eigenvalue weighted by atomic mass is 16.6. The molecule has 4 bridgehead atoms. The number of carbonyl (C=O) groups is 4. The van der Waals surface area contributed by atoms with Gasteiger partial charge in [0.2, 0.25) is 11.2 Å². The topological polar surface area (TPSA) is 105 Å². The largest absolute Gasteiger partial charge is 0.458 e. The number of benzene rings is 4. The van der Waals surface area contributed by atoms with Crippen molar-refractivity contribution in [2.24, 2.45) is 21.7 Å². The molecule has 4 aromatic rings. The van der Waals surface area contributed by atoms with E-state index in [1.165, 1.54) is 0 Å². The highest BCUT2D eigenvalue weighted by Gasteiger charge is 2.77. The minimum Gasteiger partial charge on any atom is -0.458 e. The van der Waals surface area contributed by atoms with Crippen molar-refractivity contribution >= 4 is 23.9 Å². The summed E-state index contributed by atoms with van der Waals surface area (Å²) >= 11 is 0. The fraction of sp³-hybridized carbons (Fsp3) is 0.404. The third-order valence-corrected chi connectivity index (χ3v) is 15.8. The molecular formula is C47H44O8. The van der Waals surface area contributed by atoms with Gasteiger partial charge in [0, 0.05) is 10.8 Å². The standard InChI is InChI=1S/C47H44O8/c1-41(2)43(5)19-21-45(41,54-37(43)48)39(50)52-25-27-15-17-31-29-11-7-9-13-33(29)47(35(31)23-27)34-14-10-8-12-30(34)32-18-16-28(24-36(32)47)26-53-40(51)46-22-20-44(6,38(49)55-46)42(46,3)4/h7-18,23-24H,19-22,25-26H2,1-6H3/t43-,44-,45+,46+,47?/m1/s1. The zero-order valence-corrected chi connectivity index (χ0v) is 32.1. The zero-order valence-electron chi connectivity index (χ0n) is 32.1. The van der Waals surface area contributed by atoms with Crippen LogP contribution in [0.5, 0.6) is 0 Å². The van der Waals surface area contributed by atoms with E-state index in [0.717, 1.165) is 55.6 Å². The van der Waals surface area contributed by atoms with Gasteiger partial charge in [-0.25, -0.2) is 9.59 Å². The molecule has 2 saturated carbocycles. The van der Waals surface area contributed by atoms with Gasteiger partial charge in [0.05, 0.1) is 16.2 Å². The molecule has 6 aliphatic rings. The SMILES string of the molecule is CC1(C)[C@@]2(C(=O)OCc3ccc4c(c3)C3(c5ccccc5-4)c4ccccc4-c4ccc(COC(=O)[C@]56CC[C@](C)(C(=O)O5)C6(C)C)cc43)CC[C@]1(C)C(=O)O2. The van der Waals surface area contributed by atoms with Crippen LogP contribution < -0.4 is 0 Å². The van der Waals surface area contributed by atoms with Crippen molar-refractivity contribution < 1.29 is 38.1 Å². The van der Waals surface area contributed by atoms with Crippen molar-refractivity contribution in [2.75, 3.05) is 0 Å². The predicted molar refractivity (Wildman–Crippen MR) is 202 cm³/mol. The second-order valence-corrected chi connectivity index (χ2v) is 18.1. The summed E-state index contributed by atoms with van der Waals surface area (Å²) < 4.78 is 23.8. The maximum absolute atomic E-state index is 13.9. The van der Waals surface area contributed by atoms with Gasteiger partial charge in [-0.2, -0.15) is 0 Å². The molecule has 0 aromatic heterocycles. The van der Waals surface area contributed by atoms with Crippen LogP contribution in [0.3, 0.4) is 0 Å². The Morgan fingerprint density at radius 3 is 1.27 bits per heavy atom. The average Bonchev–Trinajstić information content (AvgIpc) is 3.85. The highest BCUT2D eigenvalue weighted by molar-refractivity contribution is 5.96. The summed E-state index contributed by atoms with van der Waals surface area (Å²) in [7, 11) is 0. The number of esters is 4. The van der Waals surface area contributed by atoms with Crippen LogP contribution in [0.15, 0.2) is 84.9 Å². The number of hydrogen-bond donors (Lipinski definition) is 0. The molecule has 0 N–H and O–H groups in total. The fourth-order valence-corrected chi connectivity index (χ4v) is 11.3. The smallest absolute Gasteiger partial charge is 0.351 e. The van der Waals surface area contributed by atoms with Gasteiger partial charge in [-0.15, -0.1) is 0 Å². The van der Waals surface area contributed by atoms with E-state index >= 15 is 0 Å². The summed E-state index contributed by atoms with van der Waals surface area (Å²) in [6, 6.07) is 29.5. The lowest BCUT2D eigenvalue weighted by molar-refractivity contribution is -0.184. The second kappa shape index (κ2) is 10.5. The first-order valence-electron chi connectivity index (χ1n) is 19.4. The van der Waals surface area contributed by atoms with Crippen LogP contribution in [0.25, 0.3) is 22.3 Å². The monoisotopic (exact) mass is 736 g/mol. The third kappa shape index (κ3) is 3.74. The van der Waals surface area contributed by atoms with Gasteiger partial charge in [0.15, 0.2) is 0 Å². The van der Waals surface area contributed by atoms with Gasteiger partial charge in [-0.1, -0.05) is 113 Å². The Morgan fingerprint density at radius 1 is 0.527 bits per heavy atom. The number of fused-ring (bicyclic) bond motifs is 14. The molecule has 4 aliphatic carbocycles. The van der Waals surface area contributed by atoms with Crippen molar-refractivity contribution in [1.29, 1.82) is 0 Å². The highest BCUT2D eigenvalue weighted by Crippen LogP contribution is 2.67. The van der Waals surface area contributed by atoms with Crippen LogP contribution in [0.2, 0.25) is 0 Å². The van der Waals surface area contributed by atoms with E-state index in [-0.39, 0.29) is 25.2 Å². The van der Waals surface area contributed by atoms with E-state index in [4.69, 9.17) is 18.9 Å². The minimum atomic E-state index is -1.30. The molecule has 2 saturated heterocycles. The lowest BCUT2D eigenvalue weighted by Gasteiger charge is -2.34. The van der Waals surface area contributed by atoms with E-state index in [2.05, 4.69) is 72.8 Å². The van der Waals surface area contributed by atoms with Crippen LogP contribution in [0.4, 0.5) is 0 Å². The summed E-state index contributed by atoms with van der Waals surface area (Å²) in [5, 5.41) is 0. The van der Waals surface area contributed by atoms with Gasteiger partial charge < -0.3 is 18.9 Å². The average molecular weight is 737 g/mol. The summed E-state index contributed by atoms with van der Waals surface area (Å²) in [5.41, 5.74) is 4.37. The third-order valence-electron chi connectivity index (χ3n) is 15.8. The molecule has 4 fully saturated rings. The lowest BCUT2D eigenvalue weighted by Crippen LogP contribution is -2.48. The van der Waals surface area contributed by atoms with E-state index < -0.39 is 50.2 Å². The Labute approximate surface area is 320 Å². The van der Waals surface area contributed by atoms with E-state index in [0.29, 0.717) is 25.7 Å². The molecule has 280 valence electrons. The number of carbonyl (C=O) groups excluding carboxylic acids is 4. The van der Waals surface area contributed by atoms with E-state index in [1.54, 1.807) is 0 Å². The fourth-order valence-electron chi connectivity index (χ4n) is 11.3. The molecule has 2 heterocycles. The lowest BCUT2D eigenvalue weighted by atomic mass is 9.66. The molecule has 10 rings (SSSR count). The van der Waals surface area contributed by atoms with Gasteiger partial charge >= 0.3 is 23.9 Å². The van der Waals surface area contributed by atoms with Crippen molar-refractivity contribution in [3.63, 3.8) is 0 Å². The van der Waals surface area contributed by atoms with E-state index in [1.807, 2.05) is 53.7 Å². The van der Waals surface area contributed by atoms with Gasteiger partial charge in [-0.3, -0.25) is 9.59 Å². The van der Waals surface area contributed by atoms with Gasteiger partial charge in [-0.05, 0) is 95.2 Å². The Balaban J connectivity index is 1.02. The molecule has 55 heavy (non-hydrogen) atoms. The normalized spacial score (nSPS) is 30.0. The quantitative estimate of drug-likeness (QED) is 0.124. The van der Waals surface area contributed by atoms with Crippen molar-refractivity contribution in [2.45, 2.75) is 97.1 Å². The number of hydrogen-bond acceptors (Lipinski definition) is 8. The minimum absolute atomic E-state index is 0.0246. The maximum Gasteiger partial charge on any atom is 0.351 e. The van der Waals surface area contributed by atoms with Crippen molar-refractivity contribution in [1.82, 2.24) is 0 Å². The first kappa shape index (κ1) is 34.3. The van der Waals surface area contributed by atoms with Gasteiger partial charge in [0.1, 0.15) is 13.2 Å². The maximum atomic E-state index is 13.9. The second-order valence-electron chi connectivity index (χ2n) is 18.1. The number of rotatable bonds is 6. The van der Waals surface area contributed by atoms with E-state index in [9.17, 15) is 19.2 Å². The zero-order chi connectivity index (χ0) is 38.6. The first-order chi connectivity index (χ1) is 26.1. The Morgan fingerprint density at radius 2 is 0.909 bits per heavy atom. The molecule has 4 aromatic carbocycles. The predicted octanol–water partition coefficient (Wildman–Crippen LogP) is 8.36. The van der Waals surface area contributed by atoms with Gasteiger partial charge in [0.25, 0.3) is 0 Å². The molecule has 2 aliphatic heterocycles. The molecule has 0 amide bonds. The Bertz CT molecular complexity index is 2270. The Kier molecular flexibility index (Phi) is 6.56. The Hall–Kier alpha value is -5.24. The first-order valence-corrected chi connectivity index (χ1v) is 19.4. The van der Waals surface area contributed by atoms with Crippen LogP contribution in [-0.2, 0) is 56.8 Å². The van der Waals surface area contributed by atoms with Crippen molar-refractivity contribution in [3.05, 3.63) is 118 Å². The summed E-state index contributed by atoms with van der Waals surface area (Å²) in [5.74, 6) is -1.67. The summed E-state index contributed by atoms with van der Waals surface area (Å²) in [6.45, 7) is 11.5. The molecular weight excluding hydrogens is 693 g/mol. The molecule has 8 heteroatoms. The summed E-state index contributed by atoms with van der Waals surface area (Å²) in [4.78, 5) is 53.5. The van der Waals surface area contributed by atoms with Crippen LogP contribution in [-0.4, -0.2) is 35.1 Å². The molecule has 0 radical (unpaired) electrons. The summed E-state index contributed by atoms with van der Waals surface area (Å²) in [6.07, 6.45) is 2.05. The van der Waals surface area contributed by atoms with Crippen LogP contribution in [0, 0.1) is 21.7 Å². The molecule has 1 spiro atoms. The molecule has 0 unspecified atom stereocenters.